The predicted octanol–water partition coefficient (Wildman–Crippen LogP) is 2.82. The Balaban J connectivity index is 3.18. The van der Waals surface area contributed by atoms with Crippen LogP contribution in [0.5, 0.6) is 5.88 Å². The second-order valence-electron chi connectivity index (χ2n) is 2.72. The van der Waals surface area contributed by atoms with E-state index in [1.54, 1.807) is 22.6 Å². The van der Waals surface area contributed by atoms with Gasteiger partial charge in [0.05, 0.1) is 23.7 Å². The molecule has 3 nitrogen and oxygen atoms in total. The van der Waals surface area contributed by atoms with Crippen LogP contribution in [0.4, 0.5) is 13.2 Å². The minimum atomic E-state index is -4.84. The van der Waals surface area contributed by atoms with Crippen LogP contribution in [0.2, 0.25) is 0 Å². The first-order valence-corrected chi connectivity index (χ1v) is 5.59. The molecule has 1 aromatic heterocycles. The van der Waals surface area contributed by atoms with E-state index in [2.05, 4.69) is 9.72 Å². The second-order valence-corrected chi connectivity index (χ2v) is 4.15. The maximum atomic E-state index is 12.0. The number of aliphatic hydroxyl groups is 1. The summed E-state index contributed by atoms with van der Waals surface area (Å²) >= 11 is 7.25. The molecule has 90 valence electrons. The van der Waals surface area contributed by atoms with Gasteiger partial charge in [0.25, 0.3) is 0 Å². The van der Waals surface area contributed by atoms with E-state index in [0.717, 1.165) is 0 Å². The number of ether oxygens (including phenoxy) is 1. The molecular formula is C8H6ClF3INO2. The first-order valence-electron chi connectivity index (χ1n) is 3.98. The third-order valence-electron chi connectivity index (χ3n) is 1.59. The summed E-state index contributed by atoms with van der Waals surface area (Å²) < 4.78 is 40.3. The molecule has 1 N–H and O–H groups in total. The van der Waals surface area contributed by atoms with E-state index >= 15 is 0 Å². The van der Waals surface area contributed by atoms with Crippen LogP contribution in [0.1, 0.15) is 11.3 Å². The van der Waals surface area contributed by atoms with Gasteiger partial charge < -0.3 is 9.84 Å². The largest absolute Gasteiger partial charge is 0.574 e. The van der Waals surface area contributed by atoms with Crippen LogP contribution in [0.3, 0.4) is 0 Å². The van der Waals surface area contributed by atoms with Gasteiger partial charge in [0, 0.05) is 3.57 Å². The lowest BCUT2D eigenvalue weighted by molar-refractivity contribution is -0.276. The summed E-state index contributed by atoms with van der Waals surface area (Å²) in [6.45, 7) is -0.584. The molecule has 0 aliphatic rings. The van der Waals surface area contributed by atoms with Gasteiger partial charge in [-0.05, 0) is 28.7 Å². The average molecular weight is 367 g/mol. The van der Waals surface area contributed by atoms with Gasteiger partial charge in [-0.3, -0.25) is 0 Å². The highest BCUT2D eigenvalue weighted by molar-refractivity contribution is 14.1. The predicted molar refractivity (Wildman–Crippen MR) is 59.1 cm³/mol. The quantitative estimate of drug-likeness (QED) is 0.660. The Morgan fingerprint density at radius 2 is 2.12 bits per heavy atom. The molecule has 0 radical (unpaired) electrons. The lowest BCUT2D eigenvalue weighted by atomic mass is 10.2. The molecule has 0 aromatic carbocycles. The summed E-state index contributed by atoms with van der Waals surface area (Å²) in [5.74, 6) is -0.687. The number of nitrogens with zero attached hydrogens (tertiary/aromatic N) is 1. The molecule has 1 heterocycles. The molecule has 8 heteroatoms. The van der Waals surface area contributed by atoms with Crippen molar-refractivity contribution in [2.75, 3.05) is 0 Å². The van der Waals surface area contributed by atoms with Crippen molar-refractivity contribution in [2.45, 2.75) is 18.8 Å². The van der Waals surface area contributed by atoms with E-state index in [1.807, 2.05) is 0 Å². The summed E-state index contributed by atoms with van der Waals surface area (Å²) in [6.07, 6.45) is -4.84. The molecule has 0 aliphatic heterocycles. The molecular weight excluding hydrogens is 361 g/mol. The normalized spacial score (nSPS) is 11.6. The van der Waals surface area contributed by atoms with Crippen LogP contribution in [0, 0.1) is 3.57 Å². The lowest BCUT2D eigenvalue weighted by Gasteiger charge is -2.13. The Bertz CT molecular complexity index is 386. The molecule has 16 heavy (non-hydrogen) atoms. The standard InChI is InChI=1S/C8H6ClF3INO2/c9-2-4-1-6(13)5(3-15)7(14-4)16-8(10,11)12/h1,15H,2-3H2. The van der Waals surface area contributed by atoms with Gasteiger partial charge in [-0.1, -0.05) is 0 Å². The van der Waals surface area contributed by atoms with Gasteiger partial charge in [-0.2, -0.15) is 0 Å². The lowest BCUT2D eigenvalue weighted by Crippen LogP contribution is -2.20. The molecule has 0 spiro atoms. The van der Waals surface area contributed by atoms with Crippen LogP contribution < -0.4 is 4.74 Å². The molecule has 0 fully saturated rings. The Hall–Kier alpha value is -0.280. The van der Waals surface area contributed by atoms with Crippen LogP contribution >= 0.6 is 34.2 Å². The van der Waals surface area contributed by atoms with Crippen LogP contribution in [-0.4, -0.2) is 16.5 Å². The van der Waals surface area contributed by atoms with Crippen molar-refractivity contribution in [3.63, 3.8) is 0 Å². The van der Waals surface area contributed by atoms with Crippen LogP contribution in [0.25, 0.3) is 0 Å². The molecule has 0 saturated carbocycles. The molecule has 1 aromatic rings. The second kappa shape index (κ2) is 5.37. The highest BCUT2D eigenvalue weighted by Crippen LogP contribution is 2.28. The first kappa shape index (κ1) is 13.8. The summed E-state index contributed by atoms with van der Waals surface area (Å²) in [4.78, 5) is 3.57. The molecule has 0 bridgehead atoms. The SMILES string of the molecule is OCc1c(I)cc(CCl)nc1OC(F)(F)F. The molecule has 1 rings (SSSR count). The number of halogens is 5. The molecule has 0 saturated heterocycles. The molecule has 0 amide bonds. The summed E-state index contributed by atoms with van der Waals surface area (Å²) in [5.41, 5.74) is 0.245. The number of aromatic nitrogens is 1. The minimum absolute atomic E-state index is 0.00760. The van der Waals surface area contributed by atoms with Gasteiger partial charge in [0.1, 0.15) is 0 Å². The number of alkyl halides is 4. The number of pyridine rings is 1. The van der Waals surface area contributed by atoms with E-state index in [9.17, 15) is 13.2 Å². The van der Waals surface area contributed by atoms with E-state index in [0.29, 0.717) is 3.57 Å². The van der Waals surface area contributed by atoms with Gasteiger partial charge in [-0.25, -0.2) is 4.98 Å². The maximum absolute atomic E-state index is 12.0. The van der Waals surface area contributed by atoms with Gasteiger partial charge in [0.15, 0.2) is 0 Å². The Morgan fingerprint density at radius 3 is 2.56 bits per heavy atom. The fourth-order valence-electron chi connectivity index (χ4n) is 0.971. The Kier molecular flexibility index (Phi) is 4.62. The monoisotopic (exact) mass is 367 g/mol. The topological polar surface area (TPSA) is 42.4 Å². The van der Waals surface area contributed by atoms with Gasteiger partial charge >= 0.3 is 6.36 Å². The van der Waals surface area contributed by atoms with Crippen molar-refractivity contribution in [3.8, 4) is 5.88 Å². The number of hydrogen-bond acceptors (Lipinski definition) is 3. The number of aliphatic hydroxyl groups excluding tert-OH is 1. The van der Waals surface area contributed by atoms with E-state index in [1.165, 1.54) is 6.07 Å². The van der Waals surface area contributed by atoms with Gasteiger partial charge in [-0.15, -0.1) is 24.8 Å². The summed E-state index contributed by atoms with van der Waals surface area (Å²) in [7, 11) is 0. The summed E-state index contributed by atoms with van der Waals surface area (Å²) in [5, 5.41) is 8.93. The van der Waals surface area contributed by atoms with E-state index in [4.69, 9.17) is 16.7 Å². The zero-order chi connectivity index (χ0) is 12.3. The zero-order valence-electron chi connectivity index (χ0n) is 7.68. The van der Waals surface area contributed by atoms with Crippen LogP contribution in [-0.2, 0) is 12.5 Å². The smallest absolute Gasteiger partial charge is 0.391 e. The summed E-state index contributed by atoms with van der Waals surface area (Å²) in [6, 6.07) is 1.49. The number of hydrogen-bond donors (Lipinski definition) is 1. The molecule has 0 aliphatic carbocycles. The minimum Gasteiger partial charge on any atom is -0.391 e. The van der Waals surface area contributed by atoms with Crippen molar-refractivity contribution >= 4 is 34.2 Å². The highest BCUT2D eigenvalue weighted by atomic mass is 127. The molecule has 0 atom stereocenters. The van der Waals surface area contributed by atoms with Crippen molar-refractivity contribution in [1.82, 2.24) is 4.98 Å². The fraction of sp³-hybridized carbons (Fsp3) is 0.375. The number of rotatable bonds is 3. The van der Waals surface area contributed by atoms with Gasteiger partial charge in [0.2, 0.25) is 5.88 Å². The van der Waals surface area contributed by atoms with E-state index in [-0.39, 0.29) is 17.1 Å². The third-order valence-corrected chi connectivity index (χ3v) is 2.83. The van der Waals surface area contributed by atoms with Crippen molar-refractivity contribution in [2.24, 2.45) is 0 Å². The fourth-order valence-corrected chi connectivity index (χ4v) is 1.87. The first-order chi connectivity index (χ1) is 7.37. The maximum Gasteiger partial charge on any atom is 0.574 e. The Morgan fingerprint density at radius 1 is 1.50 bits per heavy atom. The van der Waals surface area contributed by atoms with E-state index < -0.39 is 18.8 Å². The highest BCUT2D eigenvalue weighted by Gasteiger charge is 2.33. The van der Waals surface area contributed by atoms with Crippen molar-refractivity contribution < 1.29 is 23.0 Å². The molecule has 0 unspecified atom stereocenters. The third kappa shape index (κ3) is 3.63. The average Bonchev–Trinajstić information content (AvgIpc) is 2.14. The van der Waals surface area contributed by atoms with Crippen molar-refractivity contribution in [3.05, 3.63) is 20.9 Å². The van der Waals surface area contributed by atoms with Crippen LogP contribution in [0.15, 0.2) is 6.07 Å². The van der Waals surface area contributed by atoms with Crippen molar-refractivity contribution in [1.29, 1.82) is 0 Å². The zero-order valence-corrected chi connectivity index (χ0v) is 10.6. The Labute approximate surface area is 108 Å².